The molecule has 1 amide bonds. The van der Waals surface area contributed by atoms with Crippen molar-refractivity contribution in [2.75, 3.05) is 5.32 Å². The lowest BCUT2D eigenvalue weighted by Crippen LogP contribution is -2.30. The summed E-state index contributed by atoms with van der Waals surface area (Å²) >= 11 is 0. The summed E-state index contributed by atoms with van der Waals surface area (Å²) in [5.41, 5.74) is 0.617. The Morgan fingerprint density at radius 1 is 1.47 bits per heavy atom. The first-order valence-electron chi connectivity index (χ1n) is 5.42. The molecule has 0 aromatic carbocycles. The van der Waals surface area contributed by atoms with Crippen molar-refractivity contribution in [3.8, 4) is 0 Å². The Morgan fingerprint density at radius 2 is 2.20 bits per heavy atom. The van der Waals surface area contributed by atoms with E-state index in [9.17, 15) is 4.79 Å². The quantitative estimate of drug-likeness (QED) is 0.804. The Balaban J connectivity index is 2.04. The van der Waals surface area contributed by atoms with Crippen molar-refractivity contribution in [2.45, 2.75) is 32.6 Å². The molecule has 3 heteroatoms. The summed E-state index contributed by atoms with van der Waals surface area (Å²) < 4.78 is 0. The summed E-state index contributed by atoms with van der Waals surface area (Å²) in [6, 6.07) is 3.69. The van der Waals surface area contributed by atoms with Crippen LogP contribution in [0.5, 0.6) is 0 Å². The topological polar surface area (TPSA) is 42.0 Å². The Morgan fingerprint density at radius 3 is 2.80 bits per heavy atom. The second-order valence-electron chi connectivity index (χ2n) is 4.46. The number of carbonyl (C=O) groups is 1. The number of hydrogen-bond acceptors (Lipinski definition) is 2. The molecule has 0 aliphatic heterocycles. The van der Waals surface area contributed by atoms with E-state index >= 15 is 0 Å². The van der Waals surface area contributed by atoms with Crippen LogP contribution in [-0.2, 0) is 4.79 Å². The number of amides is 1. The molecule has 3 nitrogen and oxygen atoms in total. The van der Waals surface area contributed by atoms with Gasteiger partial charge in [-0.15, -0.1) is 0 Å². The van der Waals surface area contributed by atoms with Gasteiger partial charge in [0.2, 0.25) is 5.91 Å². The standard InChI is InChI=1S/C12H16N2O/c1-12(6-2-3-7-12)11(15)14-10-5-4-8-13-9-10/h4-5,8-9H,2-3,6-7H2,1H3,(H,14,15). The van der Waals surface area contributed by atoms with Crippen LogP contribution in [0.4, 0.5) is 5.69 Å². The average molecular weight is 204 g/mol. The molecule has 0 bridgehead atoms. The van der Waals surface area contributed by atoms with E-state index in [4.69, 9.17) is 0 Å². The molecular weight excluding hydrogens is 188 g/mol. The molecule has 1 aliphatic carbocycles. The molecule has 1 aromatic heterocycles. The maximum Gasteiger partial charge on any atom is 0.230 e. The van der Waals surface area contributed by atoms with Gasteiger partial charge in [0.15, 0.2) is 0 Å². The van der Waals surface area contributed by atoms with Crippen molar-refractivity contribution in [1.82, 2.24) is 4.98 Å². The van der Waals surface area contributed by atoms with E-state index in [1.54, 1.807) is 12.4 Å². The zero-order valence-electron chi connectivity index (χ0n) is 8.99. The average Bonchev–Trinajstić information content (AvgIpc) is 2.68. The number of nitrogens with one attached hydrogen (secondary N) is 1. The minimum Gasteiger partial charge on any atom is -0.324 e. The van der Waals surface area contributed by atoms with Crippen molar-refractivity contribution >= 4 is 11.6 Å². The Kier molecular flexibility index (Phi) is 2.71. The van der Waals surface area contributed by atoms with E-state index < -0.39 is 0 Å². The Labute approximate surface area is 89.9 Å². The van der Waals surface area contributed by atoms with E-state index in [2.05, 4.69) is 10.3 Å². The third-order valence-corrected chi connectivity index (χ3v) is 3.17. The highest BCUT2D eigenvalue weighted by Crippen LogP contribution is 2.38. The smallest absolute Gasteiger partial charge is 0.230 e. The number of rotatable bonds is 2. The molecule has 1 aromatic rings. The molecule has 0 spiro atoms. The van der Waals surface area contributed by atoms with Crippen LogP contribution in [0.3, 0.4) is 0 Å². The molecule has 2 rings (SSSR count). The van der Waals surface area contributed by atoms with E-state index in [1.807, 2.05) is 19.1 Å². The normalized spacial score (nSPS) is 18.7. The molecule has 1 heterocycles. The first kappa shape index (κ1) is 10.1. The van der Waals surface area contributed by atoms with Gasteiger partial charge in [-0.25, -0.2) is 0 Å². The van der Waals surface area contributed by atoms with Gasteiger partial charge in [0.1, 0.15) is 0 Å². The molecular formula is C12H16N2O. The fraction of sp³-hybridized carbons (Fsp3) is 0.500. The van der Waals surface area contributed by atoms with Gasteiger partial charge >= 0.3 is 0 Å². The molecule has 1 fully saturated rings. The minimum absolute atomic E-state index is 0.132. The number of nitrogens with zero attached hydrogens (tertiary/aromatic N) is 1. The third kappa shape index (κ3) is 2.17. The van der Waals surface area contributed by atoms with Crippen molar-refractivity contribution in [3.05, 3.63) is 24.5 Å². The fourth-order valence-corrected chi connectivity index (χ4v) is 2.10. The number of hydrogen-bond donors (Lipinski definition) is 1. The number of anilines is 1. The molecule has 0 atom stereocenters. The molecule has 0 unspecified atom stereocenters. The van der Waals surface area contributed by atoms with Crippen LogP contribution in [0.15, 0.2) is 24.5 Å². The second-order valence-corrected chi connectivity index (χ2v) is 4.46. The summed E-state index contributed by atoms with van der Waals surface area (Å²) in [4.78, 5) is 16.0. The highest BCUT2D eigenvalue weighted by molar-refractivity contribution is 5.95. The largest absolute Gasteiger partial charge is 0.324 e. The van der Waals surface area contributed by atoms with Crippen LogP contribution in [0.2, 0.25) is 0 Å². The van der Waals surface area contributed by atoms with Gasteiger partial charge in [0, 0.05) is 11.6 Å². The summed E-state index contributed by atoms with van der Waals surface area (Å²) in [6.07, 6.45) is 7.70. The van der Waals surface area contributed by atoms with Gasteiger partial charge in [-0.3, -0.25) is 9.78 Å². The van der Waals surface area contributed by atoms with Gasteiger partial charge in [0.25, 0.3) is 0 Å². The lowest BCUT2D eigenvalue weighted by molar-refractivity contribution is -0.124. The van der Waals surface area contributed by atoms with E-state index in [0.717, 1.165) is 31.4 Å². The van der Waals surface area contributed by atoms with Crippen LogP contribution >= 0.6 is 0 Å². The Hall–Kier alpha value is -1.38. The summed E-state index contributed by atoms with van der Waals surface area (Å²) in [5, 5.41) is 2.92. The number of pyridine rings is 1. The zero-order chi connectivity index (χ0) is 10.7. The van der Waals surface area contributed by atoms with Crippen LogP contribution in [-0.4, -0.2) is 10.9 Å². The predicted molar refractivity (Wildman–Crippen MR) is 59.4 cm³/mol. The molecule has 0 saturated heterocycles. The first-order valence-corrected chi connectivity index (χ1v) is 5.42. The molecule has 15 heavy (non-hydrogen) atoms. The third-order valence-electron chi connectivity index (χ3n) is 3.17. The van der Waals surface area contributed by atoms with E-state index in [-0.39, 0.29) is 11.3 Å². The van der Waals surface area contributed by atoms with E-state index in [0.29, 0.717) is 0 Å². The Bertz CT molecular complexity index is 342. The molecule has 1 aliphatic rings. The van der Waals surface area contributed by atoms with Crippen LogP contribution in [0.1, 0.15) is 32.6 Å². The van der Waals surface area contributed by atoms with Crippen LogP contribution in [0.25, 0.3) is 0 Å². The maximum atomic E-state index is 12.0. The van der Waals surface area contributed by atoms with Crippen molar-refractivity contribution in [3.63, 3.8) is 0 Å². The highest BCUT2D eigenvalue weighted by Gasteiger charge is 2.36. The van der Waals surface area contributed by atoms with Crippen LogP contribution < -0.4 is 5.32 Å². The maximum absolute atomic E-state index is 12.0. The predicted octanol–water partition coefficient (Wildman–Crippen LogP) is 2.60. The summed E-state index contributed by atoms with van der Waals surface area (Å²) in [5.74, 6) is 0.132. The second kappa shape index (κ2) is 4.01. The summed E-state index contributed by atoms with van der Waals surface area (Å²) in [6.45, 7) is 2.05. The summed E-state index contributed by atoms with van der Waals surface area (Å²) in [7, 11) is 0. The highest BCUT2D eigenvalue weighted by atomic mass is 16.2. The molecule has 0 radical (unpaired) electrons. The molecule has 80 valence electrons. The zero-order valence-corrected chi connectivity index (χ0v) is 8.99. The van der Waals surface area contributed by atoms with Crippen molar-refractivity contribution in [1.29, 1.82) is 0 Å². The molecule has 1 N–H and O–H groups in total. The lowest BCUT2D eigenvalue weighted by atomic mass is 9.88. The van der Waals surface area contributed by atoms with Gasteiger partial charge in [0.05, 0.1) is 11.9 Å². The van der Waals surface area contributed by atoms with Gasteiger partial charge < -0.3 is 5.32 Å². The van der Waals surface area contributed by atoms with Gasteiger partial charge in [-0.05, 0) is 25.0 Å². The first-order chi connectivity index (χ1) is 7.21. The minimum atomic E-state index is -0.171. The number of aromatic nitrogens is 1. The molecule has 1 saturated carbocycles. The number of carbonyl (C=O) groups excluding carboxylic acids is 1. The fourth-order valence-electron chi connectivity index (χ4n) is 2.10. The van der Waals surface area contributed by atoms with Gasteiger partial charge in [-0.1, -0.05) is 19.8 Å². The lowest BCUT2D eigenvalue weighted by Gasteiger charge is -2.21. The van der Waals surface area contributed by atoms with Crippen LogP contribution in [0, 0.1) is 5.41 Å². The monoisotopic (exact) mass is 204 g/mol. The van der Waals surface area contributed by atoms with Gasteiger partial charge in [-0.2, -0.15) is 0 Å². The van der Waals surface area contributed by atoms with Crippen molar-refractivity contribution < 1.29 is 4.79 Å². The van der Waals surface area contributed by atoms with E-state index in [1.165, 1.54) is 0 Å². The van der Waals surface area contributed by atoms with Crippen molar-refractivity contribution in [2.24, 2.45) is 5.41 Å². The SMILES string of the molecule is CC1(C(=O)Nc2cccnc2)CCCC1.